The Bertz CT molecular complexity index is 438. The molecule has 1 atom stereocenters. The second kappa shape index (κ2) is 7.91. The molecule has 1 aromatic carbocycles. The number of rotatable bonds is 7. The van der Waals surface area contributed by atoms with Gasteiger partial charge in [-0.1, -0.05) is 18.1 Å². The predicted octanol–water partition coefficient (Wildman–Crippen LogP) is 1.65. The van der Waals surface area contributed by atoms with Crippen molar-refractivity contribution in [1.82, 2.24) is 0 Å². The van der Waals surface area contributed by atoms with Gasteiger partial charge in [0.25, 0.3) is 0 Å². The van der Waals surface area contributed by atoms with Crippen LogP contribution < -0.4 is 10.5 Å². The van der Waals surface area contributed by atoms with Crippen molar-refractivity contribution in [3.63, 3.8) is 0 Å². The van der Waals surface area contributed by atoms with Crippen LogP contribution in [0.4, 0.5) is 0 Å². The number of amidine groups is 1. The number of hydrogen-bond acceptors (Lipinski definition) is 5. The normalized spacial score (nSPS) is 13.3. The Morgan fingerprint density at radius 3 is 2.84 bits per heavy atom. The quantitative estimate of drug-likeness (QED) is 0.307. The Hall–Kier alpha value is -1.40. The Kier molecular flexibility index (Phi) is 6.52. The molecule has 6 heteroatoms. The van der Waals surface area contributed by atoms with Gasteiger partial charge in [-0.25, -0.2) is 0 Å². The molecule has 0 aliphatic carbocycles. The van der Waals surface area contributed by atoms with Gasteiger partial charge in [-0.15, -0.1) is 0 Å². The van der Waals surface area contributed by atoms with Gasteiger partial charge in [0.05, 0.1) is 12.7 Å². The van der Waals surface area contributed by atoms with Crippen molar-refractivity contribution in [2.45, 2.75) is 12.7 Å². The van der Waals surface area contributed by atoms with E-state index < -0.39 is 0 Å². The SMILES string of the molecule is COc1cc(CSCC(C)CO)ccc1/C(N)=N/O. The molecule has 1 rings (SSSR count). The van der Waals surface area contributed by atoms with E-state index >= 15 is 0 Å². The summed E-state index contributed by atoms with van der Waals surface area (Å²) >= 11 is 1.75. The molecule has 19 heavy (non-hydrogen) atoms. The summed E-state index contributed by atoms with van der Waals surface area (Å²) in [7, 11) is 1.55. The molecule has 0 aliphatic heterocycles. The highest BCUT2D eigenvalue weighted by atomic mass is 32.2. The summed E-state index contributed by atoms with van der Waals surface area (Å²) in [6.07, 6.45) is 0. The van der Waals surface area contributed by atoms with Crippen LogP contribution in [0.15, 0.2) is 23.4 Å². The molecule has 0 saturated heterocycles. The van der Waals surface area contributed by atoms with Gasteiger partial charge in [0.1, 0.15) is 5.75 Å². The predicted molar refractivity (Wildman–Crippen MR) is 77.9 cm³/mol. The van der Waals surface area contributed by atoms with Crippen molar-refractivity contribution < 1.29 is 15.1 Å². The lowest BCUT2D eigenvalue weighted by Crippen LogP contribution is -2.14. The lowest BCUT2D eigenvalue weighted by molar-refractivity contribution is 0.250. The van der Waals surface area contributed by atoms with E-state index in [2.05, 4.69) is 5.16 Å². The number of oxime groups is 1. The van der Waals surface area contributed by atoms with Crippen molar-refractivity contribution in [3.05, 3.63) is 29.3 Å². The number of aliphatic hydroxyl groups is 1. The molecule has 0 bridgehead atoms. The molecule has 106 valence electrons. The number of thioether (sulfide) groups is 1. The van der Waals surface area contributed by atoms with Crippen molar-refractivity contribution in [2.75, 3.05) is 19.5 Å². The van der Waals surface area contributed by atoms with E-state index in [0.717, 1.165) is 17.1 Å². The maximum atomic E-state index is 8.95. The highest BCUT2D eigenvalue weighted by Crippen LogP contribution is 2.23. The van der Waals surface area contributed by atoms with Crippen LogP contribution in [0.5, 0.6) is 5.75 Å². The van der Waals surface area contributed by atoms with Crippen molar-refractivity contribution >= 4 is 17.6 Å². The van der Waals surface area contributed by atoms with E-state index in [1.165, 1.54) is 0 Å². The fourth-order valence-corrected chi connectivity index (χ4v) is 2.56. The summed E-state index contributed by atoms with van der Waals surface area (Å²) in [5.74, 6) is 2.65. The van der Waals surface area contributed by atoms with Crippen molar-refractivity contribution in [3.8, 4) is 5.75 Å². The highest BCUT2D eigenvalue weighted by Gasteiger charge is 2.09. The zero-order chi connectivity index (χ0) is 14.3. The molecule has 0 heterocycles. The number of hydrogen-bond donors (Lipinski definition) is 3. The first kappa shape index (κ1) is 15.7. The summed E-state index contributed by atoms with van der Waals surface area (Å²) in [6.45, 7) is 2.22. The van der Waals surface area contributed by atoms with Gasteiger partial charge in [0.2, 0.25) is 0 Å². The minimum Gasteiger partial charge on any atom is -0.496 e. The first-order chi connectivity index (χ1) is 9.12. The third kappa shape index (κ3) is 4.65. The Labute approximate surface area is 117 Å². The van der Waals surface area contributed by atoms with Gasteiger partial charge in [-0.2, -0.15) is 11.8 Å². The lowest BCUT2D eigenvalue weighted by atomic mass is 10.1. The molecule has 0 amide bonds. The molecular formula is C13H20N2O3S. The summed E-state index contributed by atoms with van der Waals surface area (Å²) < 4.78 is 5.24. The van der Waals surface area contributed by atoms with Crippen molar-refractivity contribution in [1.29, 1.82) is 0 Å². The van der Waals surface area contributed by atoms with Gasteiger partial charge in [-0.05, 0) is 29.4 Å². The zero-order valence-electron chi connectivity index (χ0n) is 11.2. The lowest BCUT2D eigenvalue weighted by Gasteiger charge is -2.10. The number of ether oxygens (including phenoxy) is 1. The second-order valence-corrected chi connectivity index (χ2v) is 5.35. The molecule has 4 N–H and O–H groups in total. The van der Waals surface area contributed by atoms with Crippen LogP contribution in [-0.2, 0) is 5.75 Å². The third-order valence-electron chi connectivity index (χ3n) is 2.63. The molecule has 0 aromatic heterocycles. The highest BCUT2D eigenvalue weighted by molar-refractivity contribution is 7.98. The van der Waals surface area contributed by atoms with E-state index in [-0.39, 0.29) is 12.4 Å². The smallest absolute Gasteiger partial charge is 0.173 e. The van der Waals surface area contributed by atoms with Crippen LogP contribution in [-0.4, -0.2) is 35.6 Å². The summed E-state index contributed by atoms with van der Waals surface area (Å²) in [4.78, 5) is 0. The fourth-order valence-electron chi connectivity index (χ4n) is 1.52. The average molecular weight is 284 g/mol. The standard InChI is InChI=1S/C13H20N2O3S/c1-9(6-16)7-19-8-10-3-4-11(13(14)15-17)12(5-10)18-2/h3-5,9,16-17H,6-8H2,1-2H3,(H2,14,15). The van der Waals surface area contributed by atoms with Crippen LogP contribution in [0.3, 0.4) is 0 Å². The van der Waals surface area contributed by atoms with Gasteiger partial charge < -0.3 is 20.8 Å². The van der Waals surface area contributed by atoms with Gasteiger partial charge in [-0.3, -0.25) is 0 Å². The first-order valence-electron chi connectivity index (χ1n) is 5.95. The number of benzene rings is 1. The molecular weight excluding hydrogens is 264 g/mol. The Morgan fingerprint density at radius 2 is 2.26 bits per heavy atom. The summed E-state index contributed by atoms with van der Waals surface area (Å²) in [5.41, 5.74) is 7.24. The van der Waals surface area contributed by atoms with Gasteiger partial charge in [0, 0.05) is 12.4 Å². The van der Waals surface area contributed by atoms with E-state index in [9.17, 15) is 0 Å². The molecule has 5 nitrogen and oxygen atoms in total. The van der Waals surface area contributed by atoms with Crippen LogP contribution in [0.25, 0.3) is 0 Å². The second-order valence-electron chi connectivity index (χ2n) is 4.32. The van der Waals surface area contributed by atoms with Crippen LogP contribution >= 0.6 is 11.8 Å². The van der Waals surface area contributed by atoms with Gasteiger partial charge >= 0.3 is 0 Å². The summed E-state index contributed by atoms with van der Waals surface area (Å²) in [5, 5.41) is 20.6. The molecule has 0 saturated carbocycles. The zero-order valence-corrected chi connectivity index (χ0v) is 12.0. The molecule has 1 unspecified atom stereocenters. The fraction of sp³-hybridized carbons (Fsp3) is 0.462. The Balaban J connectivity index is 2.72. The van der Waals surface area contributed by atoms with Gasteiger partial charge in [0.15, 0.2) is 5.84 Å². The minimum atomic E-state index is 0.0324. The third-order valence-corrected chi connectivity index (χ3v) is 3.97. The van der Waals surface area contributed by atoms with Crippen LogP contribution in [0.2, 0.25) is 0 Å². The largest absolute Gasteiger partial charge is 0.496 e. The maximum Gasteiger partial charge on any atom is 0.173 e. The molecule has 0 spiro atoms. The monoisotopic (exact) mass is 284 g/mol. The number of aliphatic hydroxyl groups excluding tert-OH is 1. The number of nitrogens with two attached hydrogens (primary N) is 1. The van der Waals surface area contributed by atoms with E-state index in [1.54, 1.807) is 24.9 Å². The van der Waals surface area contributed by atoms with E-state index in [4.69, 9.17) is 20.8 Å². The molecule has 0 radical (unpaired) electrons. The molecule has 0 aliphatic rings. The maximum absolute atomic E-state index is 8.95. The number of methoxy groups -OCH3 is 1. The molecule has 1 aromatic rings. The van der Waals surface area contributed by atoms with Crippen LogP contribution in [0.1, 0.15) is 18.1 Å². The topological polar surface area (TPSA) is 88.1 Å². The summed E-state index contributed by atoms with van der Waals surface area (Å²) in [6, 6.07) is 5.58. The molecule has 0 fully saturated rings. The van der Waals surface area contributed by atoms with E-state index in [1.807, 2.05) is 19.1 Å². The van der Waals surface area contributed by atoms with E-state index in [0.29, 0.717) is 17.2 Å². The van der Waals surface area contributed by atoms with Crippen molar-refractivity contribution in [2.24, 2.45) is 16.8 Å². The minimum absolute atomic E-state index is 0.0324. The van der Waals surface area contributed by atoms with Crippen LogP contribution in [0, 0.1) is 5.92 Å². The first-order valence-corrected chi connectivity index (χ1v) is 7.11. The average Bonchev–Trinajstić information content (AvgIpc) is 2.45. The number of nitrogens with zero attached hydrogens (tertiary/aromatic N) is 1. The Morgan fingerprint density at radius 1 is 1.53 bits per heavy atom.